The fourth-order valence-corrected chi connectivity index (χ4v) is 2.60. The minimum absolute atomic E-state index is 0.652. The molecule has 3 heteroatoms. The van der Waals surface area contributed by atoms with Gasteiger partial charge in [0.2, 0.25) is 0 Å². The van der Waals surface area contributed by atoms with Crippen molar-refractivity contribution in [3.8, 4) is 0 Å². The third kappa shape index (κ3) is 2.23. The molecule has 1 aromatic rings. The maximum atomic E-state index is 8.13. The van der Waals surface area contributed by atoms with Crippen LogP contribution in [-0.4, -0.2) is 23.8 Å². The fraction of sp³-hybridized carbons (Fsp3) is 0.417. The minimum Gasteiger partial charge on any atom is -0.357 e. The average molecular weight is 267 g/mol. The third-order valence-corrected chi connectivity index (χ3v) is 3.46. The van der Waals surface area contributed by atoms with Crippen LogP contribution in [0, 0.1) is 12.3 Å². The van der Waals surface area contributed by atoms with Crippen LogP contribution < -0.4 is 0 Å². The minimum atomic E-state index is 0.652. The first-order chi connectivity index (χ1) is 7.18. The lowest BCUT2D eigenvalue weighted by molar-refractivity contribution is 0.517. The highest BCUT2D eigenvalue weighted by Crippen LogP contribution is 2.21. The van der Waals surface area contributed by atoms with Gasteiger partial charge in [-0.3, -0.25) is 5.41 Å². The summed E-state index contributed by atoms with van der Waals surface area (Å²) in [4.78, 5) is 2.15. The number of nitrogens with one attached hydrogen (secondary N) is 1. The first-order valence-electron chi connectivity index (χ1n) is 5.28. The molecular formula is C12H15BrN2. The van der Waals surface area contributed by atoms with Gasteiger partial charge in [0.15, 0.2) is 0 Å². The van der Waals surface area contributed by atoms with Crippen LogP contribution in [0.4, 0.5) is 0 Å². The molecule has 0 atom stereocenters. The summed E-state index contributed by atoms with van der Waals surface area (Å²) >= 11 is 3.53. The molecule has 0 aliphatic carbocycles. The fourth-order valence-electron chi connectivity index (χ4n) is 1.92. The molecule has 1 aliphatic rings. The highest BCUT2D eigenvalue weighted by atomic mass is 79.9. The summed E-state index contributed by atoms with van der Waals surface area (Å²) in [7, 11) is 0. The number of nitrogens with zero attached hydrogens (tertiary/aromatic N) is 1. The normalized spacial score (nSPS) is 15.7. The maximum absolute atomic E-state index is 8.13. The molecule has 0 bridgehead atoms. The van der Waals surface area contributed by atoms with E-state index in [1.165, 1.54) is 18.4 Å². The molecular weight excluding hydrogens is 252 g/mol. The van der Waals surface area contributed by atoms with Crippen LogP contribution in [0.5, 0.6) is 0 Å². The number of aryl methyl sites for hydroxylation is 1. The van der Waals surface area contributed by atoms with E-state index in [9.17, 15) is 0 Å². The topological polar surface area (TPSA) is 27.1 Å². The number of benzene rings is 1. The molecule has 0 saturated carbocycles. The zero-order valence-electron chi connectivity index (χ0n) is 8.89. The summed E-state index contributed by atoms with van der Waals surface area (Å²) in [5, 5.41) is 8.13. The Morgan fingerprint density at radius 1 is 1.33 bits per heavy atom. The van der Waals surface area contributed by atoms with Crippen LogP contribution in [0.15, 0.2) is 22.7 Å². The summed E-state index contributed by atoms with van der Waals surface area (Å²) < 4.78 is 1.03. The zero-order chi connectivity index (χ0) is 10.8. The van der Waals surface area contributed by atoms with Crippen molar-refractivity contribution < 1.29 is 0 Å². The zero-order valence-corrected chi connectivity index (χ0v) is 10.5. The van der Waals surface area contributed by atoms with Crippen molar-refractivity contribution in [2.45, 2.75) is 19.8 Å². The van der Waals surface area contributed by atoms with Gasteiger partial charge in [-0.1, -0.05) is 22.0 Å². The number of halogens is 1. The predicted molar refractivity (Wildman–Crippen MR) is 66.5 cm³/mol. The Hall–Kier alpha value is -0.830. The highest BCUT2D eigenvalue weighted by Gasteiger charge is 2.17. The van der Waals surface area contributed by atoms with Gasteiger partial charge >= 0.3 is 0 Å². The standard InChI is InChI=1S/C12H15BrN2/c1-9-4-5-10(11(13)8-9)12(14)15-6-2-3-7-15/h4-5,8,14H,2-3,6-7H2,1H3. The molecule has 1 aliphatic heterocycles. The number of rotatable bonds is 1. The second-order valence-electron chi connectivity index (χ2n) is 4.03. The predicted octanol–water partition coefficient (Wildman–Crippen LogP) is 3.18. The van der Waals surface area contributed by atoms with Crippen LogP contribution >= 0.6 is 15.9 Å². The van der Waals surface area contributed by atoms with Crippen molar-refractivity contribution in [2.75, 3.05) is 13.1 Å². The van der Waals surface area contributed by atoms with Crippen molar-refractivity contribution in [2.24, 2.45) is 0 Å². The molecule has 0 aromatic heterocycles. The summed E-state index contributed by atoms with van der Waals surface area (Å²) in [6.07, 6.45) is 2.43. The second kappa shape index (κ2) is 4.35. The van der Waals surface area contributed by atoms with Crippen LogP contribution in [0.1, 0.15) is 24.0 Å². The van der Waals surface area contributed by atoms with Gasteiger partial charge in [-0.25, -0.2) is 0 Å². The maximum Gasteiger partial charge on any atom is 0.129 e. The van der Waals surface area contributed by atoms with Gasteiger partial charge in [-0.2, -0.15) is 0 Å². The lowest BCUT2D eigenvalue weighted by Gasteiger charge is -2.19. The molecule has 1 N–H and O–H groups in total. The van der Waals surface area contributed by atoms with E-state index in [-0.39, 0.29) is 0 Å². The Morgan fingerprint density at radius 3 is 2.60 bits per heavy atom. The summed E-state index contributed by atoms with van der Waals surface area (Å²) in [6, 6.07) is 6.16. The Balaban J connectivity index is 2.24. The molecule has 2 nitrogen and oxygen atoms in total. The van der Waals surface area contributed by atoms with E-state index in [0.29, 0.717) is 5.84 Å². The lowest BCUT2D eigenvalue weighted by Crippen LogP contribution is -2.27. The quantitative estimate of drug-likeness (QED) is 0.614. The summed E-state index contributed by atoms with van der Waals surface area (Å²) in [5.41, 5.74) is 2.22. The van der Waals surface area contributed by atoms with Gasteiger partial charge in [0.25, 0.3) is 0 Å². The number of likely N-dealkylation sites (tertiary alicyclic amines) is 1. The van der Waals surface area contributed by atoms with Crippen molar-refractivity contribution in [1.82, 2.24) is 4.90 Å². The van der Waals surface area contributed by atoms with E-state index in [2.05, 4.69) is 39.9 Å². The SMILES string of the molecule is Cc1ccc(C(=N)N2CCCC2)c(Br)c1. The monoisotopic (exact) mass is 266 g/mol. The summed E-state index contributed by atoms with van der Waals surface area (Å²) in [5.74, 6) is 0.652. The van der Waals surface area contributed by atoms with E-state index in [0.717, 1.165) is 23.1 Å². The molecule has 0 spiro atoms. The number of amidine groups is 1. The molecule has 80 valence electrons. The van der Waals surface area contributed by atoms with Gasteiger partial charge in [0.05, 0.1) is 0 Å². The molecule has 0 unspecified atom stereocenters. The Labute approximate surface area is 98.9 Å². The van der Waals surface area contributed by atoms with Gasteiger partial charge in [0, 0.05) is 23.1 Å². The first-order valence-corrected chi connectivity index (χ1v) is 6.08. The smallest absolute Gasteiger partial charge is 0.129 e. The lowest BCUT2D eigenvalue weighted by atomic mass is 10.1. The molecule has 1 saturated heterocycles. The van der Waals surface area contributed by atoms with Crippen LogP contribution in [0.2, 0.25) is 0 Å². The first kappa shape index (κ1) is 10.7. The molecule has 1 heterocycles. The van der Waals surface area contributed by atoms with E-state index in [1.54, 1.807) is 0 Å². The van der Waals surface area contributed by atoms with Crippen LogP contribution in [0.3, 0.4) is 0 Å². The Morgan fingerprint density at radius 2 is 2.00 bits per heavy atom. The average Bonchev–Trinajstić information content (AvgIpc) is 2.69. The third-order valence-electron chi connectivity index (χ3n) is 2.80. The Kier molecular flexibility index (Phi) is 3.10. The molecule has 15 heavy (non-hydrogen) atoms. The Bertz CT molecular complexity index is 381. The van der Waals surface area contributed by atoms with Crippen molar-refractivity contribution in [3.05, 3.63) is 33.8 Å². The van der Waals surface area contributed by atoms with Crippen LogP contribution in [0.25, 0.3) is 0 Å². The molecule has 0 amide bonds. The van der Waals surface area contributed by atoms with Gasteiger partial charge < -0.3 is 4.90 Å². The van der Waals surface area contributed by atoms with Crippen molar-refractivity contribution >= 4 is 21.8 Å². The second-order valence-corrected chi connectivity index (χ2v) is 4.88. The van der Waals surface area contributed by atoms with Gasteiger partial charge in [-0.05, 0) is 37.5 Å². The van der Waals surface area contributed by atoms with E-state index >= 15 is 0 Å². The highest BCUT2D eigenvalue weighted by molar-refractivity contribution is 9.10. The summed E-state index contributed by atoms with van der Waals surface area (Å²) in [6.45, 7) is 4.12. The number of hydrogen-bond acceptors (Lipinski definition) is 1. The van der Waals surface area contributed by atoms with Crippen LogP contribution in [-0.2, 0) is 0 Å². The molecule has 1 aromatic carbocycles. The van der Waals surface area contributed by atoms with Crippen molar-refractivity contribution in [1.29, 1.82) is 5.41 Å². The molecule has 0 radical (unpaired) electrons. The van der Waals surface area contributed by atoms with E-state index in [1.807, 2.05) is 6.07 Å². The molecule has 1 fully saturated rings. The van der Waals surface area contributed by atoms with E-state index < -0.39 is 0 Å². The molecule has 2 rings (SSSR count). The largest absolute Gasteiger partial charge is 0.357 e. The van der Waals surface area contributed by atoms with Gasteiger partial charge in [0.1, 0.15) is 5.84 Å². The van der Waals surface area contributed by atoms with Gasteiger partial charge in [-0.15, -0.1) is 0 Å². The van der Waals surface area contributed by atoms with E-state index in [4.69, 9.17) is 5.41 Å². The number of hydrogen-bond donors (Lipinski definition) is 1. The van der Waals surface area contributed by atoms with Crippen molar-refractivity contribution in [3.63, 3.8) is 0 Å².